The Bertz CT molecular complexity index is 424. The highest BCUT2D eigenvalue weighted by Gasteiger charge is 2.11. The summed E-state index contributed by atoms with van der Waals surface area (Å²) in [6.45, 7) is 0. The molecule has 1 aromatic carbocycles. The number of nitriles is 1. The highest BCUT2D eigenvalue weighted by Crippen LogP contribution is 2.19. The minimum atomic E-state index is -1.11. The van der Waals surface area contributed by atoms with E-state index in [0.717, 1.165) is 12.1 Å². The summed E-state index contributed by atoms with van der Waals surface area (Å²) in [6, 6.07) is 3.67. The van der Waals surface area contributed by atoms with E-state index in [1.54, 1.807) is 6.07 Å². The number of carboxylic acid groups (broad SMARTS) is 1. The summed E-state index contributed by atoms with van der Waals surface area (Å²) in [4.78, 5) is 10.4. The molecule has 0 fully saturated rings. The molecule has 0 bridgehead atoms. The molecule has 1 rings (SSSR count). The van der Waals surface area contributed by atoms with Gasteiger partial charge in [-0.15, -0.1) is 0 Å². The van der Waals surface area contributed by atoms with Crippen LogP contribution in [0.2, 0.25) is 0 Å². The lowest BCUT2D eigenvalue weighted by Gasteiger charge is -2.04. The molecule has 5 heteroatoms. The van der Waals surface area contributed by atoms with Gasteiger partial charge in [-0.2, -0.15) is 5.26 Å². The smallest absolute Gasteiger partial charge is 0.307 e. The SMILES string of the molecule is N#Cc1cc(F)cc(N)c1CC(=O)O. The van der Waals surface area contributed by atoms with Crippen LogP contribution in [0.4, 0.5) is 10.1 Å². The predicted octanol–water partition coefficient (Wildman–Crippen LogP) is 0.907. The quantitative estimate of drug-likeness (QED) is 0.685. The van der Waals surface area contributed by atoms with Gasteiger partial charge in [0.2, 0.25) is 0 Å². The maximum atomic E-state index is 12.8. The zero-order valence-corrected chi connectivity index (χ0v) is 7.12. The zero-order chi connectivity index (χ0) is 10.7. The van der Waals surface area contributed by atoms with Gasteiger partial charge in [-0.25, -0.2) is 4.39 Å². The van der Waals surface area contributed by atoms with Crippen molar-refractivity contribution in [2.75, 3.05) is 5.73 Å². The zero-order valence-electron chi connectivity index (χ0n) is 7.12. The number of nitrogen functional groups attached to an aromatic ring is 1. The number of rotatable bonds is 2. The van der Waals surface area contributed by atoms with Crippen LogP contribution in [-0.2, 0) is 11.2 Å². The summed E-state index contributed by atoms with van der Waals surface area (Å²) in [5.41, 5.74) is 5.50. The predicted molar refractivity (Wildman–Crippen MR) is 46.9 cm³/mol. The van der Waals surface area contributed by atoms with Gasteiger partial charge in [0.1, 0.15) is 5.82 Å². The Morgan fingerprint density at radius 3 is 2.79 bits per heavy atom. The molecule has 0 heterocycles. The summed E-state index contributed by atoms with van der Waals surface area (Å²) in [7, 11) is 0. The van der Waals surface area contributed by atoms with Gasteiger partial charge in [-0.3, -0.25) is 4.79 Å². The maximum Gasteiger partial charge on any atom is 0.307 e. The van der Waals surface area contributed by atoms with E-state index in [-0.39, 0.29) is 23.2 Å². The van der Waals surface area contributed by atoms with Gasteiger partial charge in [0.25, 0.3) is 0 Å². The van der Waals surface area contributed by atoms with Crippen molar-refractivity contribution in [3.8, 4) is 6.07 Å². The van der Waals surface area contributed by atoms with Crippen LogP contribution in [0.15, 0.2) is 12.1 Å². The molecular weight excluding hydrogens is 187 g/mol. The fourth-order valence-electron chi connectivity index (χ4n) is 1.11. The van der Waals surface area contributed by atoms with Crippen LogP contribution in [0.25, 0.3) is 0 Å². The second-order valence-corrected chi connectivity index (χ2v) is 2.70. The molecule has 72 valence electrons. The average molecular weight is 194 g/mol. The first-order valence-electron chi connectivity index (χ1n) is 3.74. The average Bonchev–Trinajstić information content (AvgIpc) is 2.08. The molecule has 0 amide bonds. The van der Waals surface area contributed by atoms with E-state index in [1.807, 2.05) is 0 Å². The molecule has 0 atom stereocenters. The molecule has 0 radical (unpaired) electrons. The first-order valence-corrected chi connectivity index (χ1v) is 3.74. The number of halogens is 1. The van der Waals surface area contributed by atoms with Gasteiger partial charge in [-0.1, -0.05) is 0 Å². The summed E-state index contributed by atoms with van der Waals surface area (Å²) >= 11 is 0. The van der Waals surface area contributed by atoms with Crippen molar-refractivity contribution in [1.29, 1.82) is 5.26 Å². The maximum absolute atomic E-state index is 12.8. The van der Waals surface area contributed by atoms with Crippen LogP contribution < -0.4 is 5.73 Å². The first kappa shape index (κ1) is 9.99. The molecular formula is C9H7FN2O2. The topological polar surface area (TPSA) is 87.1 Å². The molecule has 3 N–H and O–H groups in total. The minimum absolute atomic E-state index is 0.0102. The van der Waals surface area contributed by atoms with E-state index in [9.17, 15) is 9.18 Å². The van der Waals surface area contributed by atoms with E-state index in [1.165, 1.54) is 0 Å². The summed E-state index contributed by atoms with van der Waals surface area (Å²) in [6.07, 6.45) is -0.380. The number of carboxylic acids is 1. The standard InChI is InChI=1S/C9H7FN2O2/c10-6-1-5(4-11)7(3-9(13)14)8(12)2-6/h1-2H,3,12H2,(H,13,14). The number of nitrogens with two attached hydrogens (primary N) is 1. The highest BCUT2D eigenvalue weighted by atomic mass is 19.1. The molecule has 0 spiro atoms. The molecule has 0 aliphatic rings. The second kappa shape index (κ2) is 3.75. The Kier molecular flexibility index (Phi) is 2.67. The molecule has 0 aromatic heterocycles. The normalized spacial score (nSPS) is 9.43. The van der Waals surface area contributed by atoms with Crippen molar-refractivity contribution < 1.29 is 14.3 Å². The summed E-state index contributed by atoms with van der Waals surface area (Å²) < 4.78 is 12.8. The molecule has 1 aromatic rings. The van der Waals surface area contributed by atoms with Crippen molar-refractivity contribution >= 4 is 11.7 Å². The van der Waals surface area contributed by atoms with E-state index in [2.05, 4.69) is 0 Å². The van der Waals surface area contributed by atoms with Crippen LogP contribution in [-0.4, -0.2) is 11.1 Å². The number of aliphatic carboxylic acids is 1. The summed E-state index contributed by atoms with van der Waals surface area (Å²) in [5.74, 6) is -1.76. The van der Waals surface area contributed by atoms with Gasteiger partial charge < -0.3 is 10.8 Å². The van der Waals surface area contributed by atoms with Crippen molar-refractivity contribution in [2.45, 2.75) is 6.42 Å². The van der Waals surface area contributed by atoms with Crippen molar-refractivity contribution in [3.05, 3.63) is 29.1 Å². The molecule has 0 aliphatic heterocycles. The minimum Gasteiger partial charge on any atom is -0.481 e. The van der Waals surface area contributed by atoms with Crippen LogP contribution in [0.1, 0.15) is 11.1 Å². The van der Waals surface area contributed by atoms with Gasteiger partial charge >= 0.3 is 5.97 Å². The second-order valence-electron chi connectivity index (χ2n) is 2.70. The van der Waals surface area contributed by atoms with Gasteiger partial charge in [0.05, 0.1) is 18.1 Å². The van der Waals surface area contributed by atoms with Gasteiger partial charge in [0, 0.05) is 11.3 Å². The third kappa shape index (κ3) is 1.98. The Hall–Kier alpha value is -2.09. The van der Waals surface area contributed by atoms with Crippen molar-refractivity contribution in [1.82, 2.24) is 0 Å². The number of nitrogens with zero attached hydrogens (tertiary/aromatic N) is 1. The van der Waals surface area contributed by atoms with E-state index in [0.29, 0.717) is 0 Å². The molecule has 0 unspecified atom stereocenters. The molecule has 0 aliphatic carbocycles. The fraction of sp³-hybridized carbons (Fsp3) is 0.111. The van der Waals surface area contributed by atoms with Crippen LogP contribution in [0.3, 0.4) is 0 Å². The van der Waals surface area contributed by atoms with Crippen LogP contribution in [0, 0.1) is 17.1 Å². The Morgan fingerprint density at radius 1 is 1.64 bits per heavy atom. The number of carbonyl (C=O) groups is 1. The lowest BCUT2D eigenvalue weighted by Crippen LogP contribution is -2.06. The van der Waals surface area contributed by atoms with E-state index < -0.39 is 11.8 Å². The largest absolute Gasteiger partial charge is 0.481 e. The monoisotopic (exact) mass is 194 g/mol. The lowest BCUT2D eigenvalue weighted by molar-refractivity contribution is -0.136. The van der Waals surface area contributed by atoms with E-state index >= 15 is 0 Å². The molecule has 4 nitrogen and oxygen atoms in total. The lowest BCUT2D eigenvalue weighted by atomic mass is 10.0. The third-order valence-electron chi connectivity index (χ3n) is 1.70. The Balaban J connectivity index is 3.27. The number of anilines is 1. The fourth-order valence-corrected chi connectivity index (χ4v) is 1.11. The number of hydrogen-bond donors (Lipinski definition) is 2. The third-order valence-corrected chi connectivity index (χ3v) is 1.70. The van der Waals surface area contributed by atoms with Crippen LogP contribution >= 0.6 is 0 Å². The number of benzene rings is 1. The van der Waals surface area contributed by atoms with Gasteiger partial charge in [0.15, 0.2) is 0 Å². The Morgan fingerprint density at radius 2 is 2.29 bits per heavy atom. The highest BCUT2D eigenvalue weighted by molar-refractivity contribution is 5.74. The van der Waals surface area contributed by atoms with Crippen molar-refractivity contribution in [3.63, 3.8) is 0 Å². The first-order chi connectivity index (χ1) is 6.54. The van der Waals surface area contributed by atoms with E-state index in [4.69, 9.17) is 16.1 Å². The molecule has 14 heavy (non-hydrogen) atoms. The number of hydrogen-bond acceptors (Lipinski definition) is 3. The van der Waals surface area contributed by atoms with Crippen LogP contribution in [0.5, 0.6) is 0 Å². The molecule has 0 saturated carbocycles. The van der Waals surface area contributed by atoms with Crippen molar-refractivity contribution in [2.24, 2.45) is 0 Å². The molecule has 0 saturated heterocycles. The Labute approximate surface area is 79.4 Å². The summed E-state index contributed by atoms with van der Waals surface area (Å²) in [5, 5.41) is 17.1. The van der Waals surface area contributed by atoms with Gasteiger partial charge in [-0.05, 0) is 12.1 Å².